The van der Waals surface area contributed by atoms with Gasteiger partial charge < -0.3 is 4.74 Å². The third-order valence-corrected chi connectivity index (χ3v) is 8.19. The van der Waals surface area contributed by atoms with E-state index < -0.39 is 16.0 Å². The van der Waals surface area contributed by atoms with E-state index in [1.807, 2.05) is 36.6 Å². The molecule has 2 atom stereocenters. The van der Waals surface area contributed by atoms with Crippen LogP contribution in [0.4, 0.5) is 0 Å². The van der Waals surface area contributed by atoms with E-state index in [1.54, 1.807) is 16.1 Å². The molecule has 0 spiro atoms. The standard InChI is InChI=1S/C19H28N2O4S2/c1-26-18-14-21(13-17(18)20-10-5-6-11-20)27(23,24)12-9-19(22)25-15-16-7-3-2-4-8-16/h2-4,7-8,17-18H,5-6,9-15H2,1H3/t17-,18-/m1/s1. The Morgan fingerprint density at radius 2 is 1.89 bits per heavy atom. The minimum Gasteiger partial charge on any atom is -0.461 e. The molecule has 0 saturated carbocycles. The molecule has 8 heteroatoms. The number of sulfonamides is 1. The zero-order valence-electron chi connectivity index (χ0n) is 15.7. The molecule has 1 aromatic rings. The molecule has 2 saturated heterocycles. The Morgan fingerprint density at radius 1 is 1.19 bits per heavy atom. The summed E-state index contributed by atoms with van der Waals surface area (Å²) in [5.41, 5.74) is 0.893. The number of likely N-dealkylation sites (tertiary alicyclic amines) is 1. The Labute approximate surface area is 166 Å². The van der Waals surface area contributed by atoms with E-state index >= 15 is 0 Å². The molecule has 6 nitrogen and oxygen atoms in total. The number of hydrogen-bond acceptors (Lipinski definition) is 6. The van der Waals surface area contributed by atoms with Crippen LogP contribution in [0.2, 0.25) is 0 Å². The van der Waals surface area contributed by atoms with Crippen molar-refractivity contribution in [2.24, 2.45) is 0 Å². The Balaban J connectivity index is 1.49. The molecule has 2 fully saturated rings. The van der Waals surface area contributed by atoms with E-state index in [-0.39, 0.29) is 24.8 Å². The van der Waals surface area contributed by atoms with E-state index in [9.17, 15) is 13.2 Å². The fraction of sp³-hybridized carbons (Fsp3) is 0.632. The van der Waals surface area contributed by atoms with E-state index in [1.165, 1.54) is 12.8 Å². The van der Waals surface area contributed by atoms with Crippen molar-refractivity contribution in [3.63, 3.8) is 0 Å². The van der Waals surface area contributed by atoms with Crippen molar-refractivity contribution in [2.45, 2.75) is 37.2 Å². The molecule has 0 bridgehead atoms. The van der Waals surface area contributed by atoms with Crippen molar-refractivity contribution >= 4 is 27.8 Å². The second kappa shape index (κ2) is 9.41. The van der Waals surface area contributed by atoms with Crippen LogP contribution in [0, 0.1) is 0 Å². The third-order valence-electron chi connectivity index (χ3n) is 5.32. The molecule has 0 amide bonds. The zero-order chi connectivity index (χ0) is 19.3. The van der Waals surface area contributed by atoms with Crippen molar-refractivity contribution in [1.29, 1.82) is 0 Å². The monoisotopic (exact) mass is 412 g/mol. The fourth-order valence-corrected chi connectivity index (χ4v) is 6.20. The highest BCUT2D eigenvalue weighted by atomic mass is 32.2. The summed E-state index contributed by atoms with van der Waals surface area (Å²) in [6.07, 6.45) is 4.32. The van der Waals surface area contributed by atoms with Gasteiger partial charge >= 0.3 is 5.97 Å². The Morgan fingerprint density at radius 3 is 2.56 bits per heavy atom. The van der Waals surface area contributed by atoms with Gasteiger partial charge in [-0.3, -0.25) is 9.69 Å². The van der Waals surface area contributed by atoms with Gasteiger partial charge in [-0.25, -0.2) is 8.42 Å². The Kier molecular flexibility index (Phi) is 7.19. The molecule has 0 aliphatic carbocycles. The van der Waals surface area contributed by atoms with Gasteiger partial charge in [0.2, 0.25) is 10.0 Å². The van der Waals surface area contributed by atoms with Crippen LogP contribution in [0.5, 0.6) is 0 Å². The summed E-state index contributed by atoms with van der Waals surface area (Å²) in [4.78, 5) is 14.4. The highest BCUT2D eigenvalue weighted by Gasteiger charge is 2.41. The van der Waals surface area contributed by atoms with Crippen LogP contribution in [0.25, 0.3) is 0 Å². The van der Waals surface area contributed by atoms with Gasteiger partial charge in [0.1, 0.15) is 6.61 Å². The maximum atomic E-state index is 12.7. The van der Waals surface area contributed by atoms with Gasteiger partial charge in [0.25, 0.3) is 0 Å². The SMILES string of the molecule is CS[C@@H]1CN(S(=O)(=O)CCC(=O)OCc2ccccc2)C[C@H]1N1CCCC1. The van der Waals surface area contributed by atoms with Gasteiger partial charge in [0, 0.05) is 24.4 Å². The average molecular weight is 413 g/mol. The first-order valence-electron chi connectivity index (χ1n) is 9.44. The summed E-state index contributed by atoms with van der Waals surface area (Å²) in [7, 11) is -3.45. The summed E-state index contributed by atoms with van der Waals surface area (Å²) >= 11 is 1.74. The predicted octanol–water partition coefficient (Wildman–Crippen LogP) is 1.96. The zero-order valence-corrected chi connectivity index (χ0v) is 17.4. The van der Waals surface area contributed by atoms with Gasteiger partial charge in [0.15, 0.2) is 0 Å². The van der Waals surface area contributed by atoms with Gasteiger partial charge in [-0.05, 0) is 37.8 Å². The first-order chi connectivity index (χ1) is 13.0. The van der Waals surface area contributed by atoms with Gasteiger partial charge in [-0.15, -0.1) is 0 Å². The summed E-state index contributed by atoms with van der Waals surface area (Å²) < 4.78 is 32.2. The first-order valence-corrected chi connectivity index (χ1v) is 12.3. The van der Waals surface area contributed by atoms with Crippen molar-refractivity contribution in [1.82, 2.24) is 9.21 Å². The molecule has 0 N–H and O–H groups in total. The molecule has 3 rings (SSSR count). The molecular formula is C19H28N2O4S2. The lowest BCUT2D eigenvalue weighted by Crippen LogP contribution is -2.40. The molecule has 150 valence electrons. The molecule has 0 unspecified atom stereocenters. The molecule has 27 heavy (non-hydrogen) atoms. The van der Waals surface area contributed by atoms with Gasteiger partial charge in [0.05, 0.1) is 12.2 Å². The topological polar surface area (TPSA) is 66.9 Å². The van der Waals surface area contributed by atoms with Gasteiger partial charge in [-0.2, -0.15) is 16.1 Å². The number of nitrogens with zero attached hydrogens (tertiary/aromatic N) is 2. The average Bonchev–Trinajstić information content (AvgIpc) is 3.35. The van der Waals surface area contributed by atoms with E-state index in [2.05, 4.69) is 4.90 Å². The first kappa shape index (κ1) is 20.6. The lowest BCUT2D eigenvalue weighted by Gasteiger charge is -2.27. The van der Waals surface area contributed by atoms with E-state index in [0.29, 0.717) is 18.3 Å². The quantitative estimate of drug-likeness (QED) is 0.608. The Hall–Kier alpha value is -1.09. The number of carbonyl (C=O) groups is 1. The van der Waals surface area contributed by atoms with Crippen molar-refractivity contribution in [2.75, 3.05) is 38.2 Å². The molecule has 1 aromatic carbocycles. The summed E-state index contributed by atoms with van der Waals surface area (Å²) in [6, 6.07) is 9.66. The predicted molar refractivity (Wildman–Crippen MR) is 108 cm³/mol. The van der Waals surface area contributed by atoms with Gasteiger partial charge in [-0.1, -0.05) is 30.3 Å². The van der Waals surface area contributed by atoms with Crippen LogP contribution >= 0.6 is 11.8 Å². The summed E-state index contributed by atoms with van der Waals surface area (Å²) in [5, 5.41) is 0.294. The number of thioether (sulfide) groups is 1. The molecular weight excluding hydrogens is 384 g/mol. The molecule has 0 radical (unpaired) electrons. The number of hydrogen-bond donors (Lipinski definition) is 0. The summed E-state index contributed by atoms with van der Waals surface area (Å²) in [5.74, 6) is -0.659. The lowest BCUT2D eigenvalue weighted by molar-refractivity contribution is -0.144. The van der Waals surface area contributed by atoms with Crippen LogP contribution in [0.3, 0.4) is 0 Å². The lowest BCUT2D eigenvalue weighted by atomic mass is 10.2. The smallest absolute Gasteiger partial charge is 0.307 e. The second-order valence-corrected chi connectivity index (χ2v) is 10.3. The van der Waals surface area contributed by atoms with Crippen molar-refractivity contribution in [3.05, 3.63) is 35.9 Å². The number of rotatable bonds is 8. The molecule has 2 aliphatic rings. The maximum absolute atomic E-state index is 12.7. The third kappa shape index (κ3) is 5.47. The maximum Gasteiger partial charge on any atom is 0.307 e. The van der Waals surface area contributed by atoms with Crippen LogP contribution < -0.4 is 0 Å². The number of esters is 1. The van der Waals surface area contributed by atoms with Crippen LogP contribution in [-0.4, -0.2) is 73.1 Å². The van der Waals surface area contributed by atoms with Crippen molar-refractivity contribution < 1.29 is 17.9 Å². The highest BCUT2D eigenvalue weighted by molar-refractivity contribution is 7.99. The molecule has 2 heterocycles. The highest BCUT2D eigenvalue weighted by Crippen LogP contribution is 2.29. The second-order valence-electron chi connectivity index (χ2n) is 7.11. The van der Waals surface area contributed by atoms with E-state index in [4.69, 9.17) is 4.74 Å². The number of carbonyl (C=O) groups excluding carboxylic acids is 1. The largest absolute Gasteiger partial charge is 0.461 e. The van der Waals surface area contributed by atoms with Crippen LogP contribution in [-0.2, 0) is 26.2 Å². The Bertz CT molecular complexity index is 720. The minimum atomic E-state index is -3.45. The van der Waals surface area contributed by atoms with Crippen molar-refractivity contribution in [3.8, 4) is 0 Å². The molecule has 2 aliphatic heterocycles. The van der Waals surface area contributed by atoms with E-state index in [0.717, 1.165) is 18.7 Å². The summed E-state index contributed by atoms with van der Waals surface area (Å²) in [6.45, 7) is 3.36. The minimum absolute atomic E-state index is 0.107. The normalized spacial score (nSPS) is 24.3. The fourth-order valence-electron chi connectivity index (χ4n) is 3.76. The molecule has 0 aromatic heterocycles. The number of ether oxygens (including phenoxy) is 1. The van der Waals surface area contributed by atoms with Crippen LogP contribution in [0.1, 0.15) is 24.8 Å². The number of benzene rings is 1. The van der Waals surface area contributed by atoms with Crippen LogP contribution in [0.15, 0.2) is 30.3 Å².